The average molecular weight is 326 g/mol. The van der Waals surface area contributed by atoms with Crippen molar-refractivity contribution in [1.29, 1.82) is 0 Å². The molecule has 126 valence electrons. The quantitative estimate of drug-likeness (QED) is 0.392. The van der Waals surface area contributed by atoms with E-state index in [0.717, 1.165) is 11.1 Å². The topological polar surface area (TPSA) is 106 Å². The van der Waals surface area contributed by atoms with E-state index in [0.29, 0.717) is 24.9 Å². The molecule has 0 aliphatic rings. The Hall–Kier alpha value is -2.50. The summed E-state index contributed by atoms with van der Waals surface area (Å²) < 4.78 is 0. The summed E-state index contributed by atoms with van der Waals surface area (Å²) in [6.45, 7) is 0.440. The Labute approximate surface area is 141 Å². The fraction of sp³-hybridized carbons (Fsp3) is 0.263. The molecular weight excluding hydrogens is 304 g/mol. The van der Waals surface area contributed by atoms with E-state index in [1.807, 2.05) is 30.3 Å². The number of nitrogens with two attached hydrogens (primary N) is 2. The number of unbranched alkanes of at least 4 members (excludes halogenated alkanes) is 1. The largest absolute Gasteiger partial charge is 0.480 e. The van der Waals surface area contributed by atoms with E-state index in [1.165, 1.54) is 0 Å². The zero-order valence-electron chi connectivity index (χ0n) is 13.4. The highest BCUT2D eigenvalue weighted by molar-refractivity contribution is 6.15. The Morgan fingerprint density at radius 2 is 1.50 bits per heavy atom. The van der Waals surface area contributed by atoms with Crippen LogP contribution in [0.4, 0.5) is 0 Å². The maximum atomic E-state index is 12.6. The normalized spacial score (nSPS) is 13.2. The summed E-state index contributed by atoms with van der Waals surface area (Å²) >= 11 is 0. The van der Waals surface area contributed by atoms with Gasteiger partial charge in [0.05, 0.1) is 0 Å². The summed E-state index contributed by atoms with van der Waals surface area (Å²) in [6.07, 6.45) is 1.19. The maximum Gasteiger partial charge on any atom is 0.331 e. The predicted octanol–water partition coefficient (Wildman–Crippen LogP) is 2.45. The van der Waals surface area contributed by atoms with Gasteiger partial charge in [-0.2, -0.15) is 0 Å². The van der Waals surface area contributed by atoms with Crippen molar-refractivity contribution >= 4 is 11.8 Å². The Bertz CT molecular complexity index is 698. The van der Waals surface area contributed by atoms with Crippen molar-refractivity contribution in [3.63, 3.8) is 0 Å². The van der Waals surface area contributed by atoms with E-state index >= 15 is 0 Å². The molecule has 0 aliphatic heterocycles. The minimum absolute atomic E-state index is 0.0683. The smallest absolute Gasteiger partial charge is 0.331 e. The number of carboxylic acid groups (broad SMARTS) is 1. The first-order valence-electron chi connectivity index (χ1n) is 7.91. The Balaban J connectivity index is 2.22. The van der Waals surface area contributed by atoms with Crippen LogP contribution in [0.25, 0.3) is 11.1 Å². The number of carbonyl (C=O) groups is 2. The van der Waals surface area contributed by atoms with Gasteiger partial charge in [0.1, 0.15) is 0 Å². The molecule has 0 heterocycles. The first kappa shape index (κ1) is 17.8. The summed E-state index contributed by atoms with van der Waals surface area (Å²) in [7, 11) is 0. The van der Waals surface area contributed by atoms with E-state index in [1.54, 1.807) is 24.3 Å². The summed E-state index contributed by atoms with van der Waals surface area (Å²) in [5.74, 6) is -1.89. The van der Waals surface area contributed by atoms with Crippen LogP contribution in [0, 0.1) is 0 Å². The lowest BCUT2D eigenvalue weighted by molar-refractivity contribution is -0.141. The molecule has 2 aromatic rings. The van der Waals surface area contributed by atoms with E-state index in [9.17, 15) is 14.7 Å². The molecule has 5 N–H and O–H groups in total. The van der Waals surface area contributed by atoms with Crippen LogP contribution >= 0.6 is 0 Å². The molecule has 0 aromatic heterocycles. The molecule has 0 spiro atoms. The number of hydrogen-bond acceptors (Lipinski definition) is 4. The zero-order valence-corrected chi connectivity index (χ0v) is 13.4. The number of aliphatic carboxylic acids is 1. The molecule has 2 aromatic carbocycles. The van der Waals surface area contributed by atoms with Crippen molar-refractivity contribution in [2.75, 3.05) is 6.54 Å². The Kier molecular flexibility index (Phi) is 5.84. The van der Waals surface area contributed by atoms with Crippen LogP contribution in [-0.2, 0) is 4.79 Å². The lowest BCUT2D eigenvalue weighted by Crippen LogP contribution is -2.55. The maximum absolute atomic E-state index is 12.6. The lowest BCUT2D eigenvalue weighted by atomic mass is 9.85. The molecule has 5 heteroatoms. The highest BCUT2D eigenvalue weighted by atomic mass is 16.4. The number of benzene rings is 2. The number of ketones is 1. The third-order valence-corrected chi connectivity index (χ3v) is 4.07. The lowest BCUT2D eigenvalue weighted by Gasteiger charge is -2.23. The predicted molar refractivity (Wildman–Crippen MR) is 93.7 cm³/mol. The first-order valence-corrected chi connectivity index (χ1v) is 7.91. The number of Topliss-reactive ketones (excluding diaryl/α,β-unsaturated/α-hetero) is 1. The van der Waals surface area contributed by atoms with Gasteiger partial charge in [0.15, 0.2) is 11.3 Å². The highest BCUT2D eigenvalue weighted by Crippen LogP contribution is 2.23. The van der Waals surface area contributed by atoms with Gasteiger partial charge in [-0.15, -0.1) is 0 Å². The van der Waals surface area contributed by atoms with Gasteiger partial charge in [0, 0.05) is 5.56 Å². The van der Waals surface area contributed by atoms with Crippen LogP contribution < -0.4 is 11.5 Å². The second kappa shape index (κ2) is 7.86. The van der Waals surface area contributed by atoms with Crippen LogP contribution in [0.1, 0.15) is 29.6 Å². The van der Waals surface area contributed by atoms with Crippen LogP contribution in [0.15, 0.2) is 54.6 Å². The molecule has 0 radical (unpaired) electrons. The van der Waals surface area contributed by atoms with E-state index in [4.69, 9.17) is 11.5 Å². The summed E-state index contributed by atoms with van der Waals surface area (Å²) in [6, 6.07) is 16.6. The molecule has 1 atom stereocenters. The molecule has 0 aliphatic carbocycles. The van der Waals surface area contributed by atoms with E-state index < -0.39 is 17.3 Å². The van der Waals surface area contributed by atoms with Crippen molar-refractivity contribution in [2.45, 2.75) is 24.8 Å². The molecule has 0 saturated carbocycles. The SMILES string of the molecule is NCCCC[C@@](N)(C(=O)O)C(=O)c1ccc(-c2ccccc2)cc1. The molecule has 5 nitrogen and oxygen atoms in total. The van der Waals surface area contributed by atoms with Crippen LogP contribution in [0.3, 0.4) is 0 Å². The van der Waals surface area contributed by atoms with Gasteiger partial charge in [0.25, 0.3) is 0 Å². The first-order chi connectivity index (χ1) is 11.5. The van der Waals surface area contributed by atoms with Crippen molar-refractivity contribution in [1.82, 2.24) is 0 Å². The van der Waals surface area contributed by atoms with Crippen LogP contribution in [-0.4, -0.2) is 28.9 Å². The van der Waals surface area contributed by atoms with Gasteiger partial charge in [-0.1, -0.05) is 54.6 Å². The van der Waals surface area contributed by atoms with E-state index in [-0.39, 0.29) is 6.42 Å². The molecule has 0 saturated heterocycles. The highest BCUT2D eigenvalue weighted by Gasteiger charge is 2.41. The molecule has 0 fully saturated rings. The number of rotatable bonds is 8. The third kappa shape index (κ3) is 3.88. The van der Waals surface area contributed by atoms with Crippen molar-refractivity contribution in [2.24, 2.45) is 11.5 Å². The summed E-state index contributed by atoms with van der Waals surface area (Å²) in [4.78, 5) is 24.2. The van der Waals surface area contributed by atoms with Crippen LogP contribution in [0.5, 0.6) is 0 Å². The molecular formula is C19H22N2O3. The standard InChI is InChI=1S/C19H22N2O3/c20-13-5-4-12-19(21,18(23)24)17(22)16-10-8-15(9-11-16)14-6-2-1-3-7-14/h1-3,6-11H,4-5,12-13,20-21H2,(H,23,24)/t19-/m0/s1. The minimum Gasteiger partial charge on any atom is -0.480 e. The van der Waals surface area contributed by atoms with Gasteiger partial charge < -0.3 is 16.6 Å². The third-order valence-electron chi connectivity index (χ3n) is 4.07. The molecule has 0 unspecified atom stereocenters. The molecule has 0 bridgehead atoms. The molecule has 2 rings (SSSR count). The minimum atomic E-state index is -1.91. The van der Waals surface area contributed by atoms with Gasteiger partial charge in [-0.25, -0.2) is 4.79 Å². The number of carbonyl (C=O) groups excluding carboxylic acids is 1. The number of carboxylic acids is 1. The van der Waals surface area contributed by atoms with Gasteiger partial charge in [0.2, 0.25) is 0 Å². The van der Waals surface area contributed by atoms with E-state index in [2.05, 4.69) is 0 Å². The summed E-state index contributed by atoms with van der Waals surface area (Å²) in [5, 5.41) is 9.42. The Morgan fingerprint density at radius 1 is 0.917 bits per heavy atom. The van der Waals surface area contributed by atoms with Gasteiger partial charge in [-0.3, -0.25) is 4.79 Å². The van der Waals surface area contributed by atoms with Gasteiger partial charge >= 0.3 is 5.97 Å². The Morgan fingerprint density at radius 3 is 2.04 bits per heavy atom. The average Bonchev–Trinajstić information content (AvgIpc) is 2.62. The van der Waals surface area contributed by atoms with Crippen LogP contribution in [0.2, 0.25) is 0 Å². The monoisotopic (exact) mass is 326 g/mol. The van der Waals surface area contributed by atoms with Gasteiger partial charge in [-0.05, 0) is 36.9 Å². The van der Waals surface area contributed by atoms with Crippen molar-refractivity contribution in [3.8, 4) is 11.1 Å². The molecule has 24 heavy (non-hydrogen) atoms. The van der Waals surface area contributed by atoms with Crippen molar-refractivity contribution < 1.29 is 14.7 Å². The second-order valence-electron chi connectivity index (χ2n) is 5.79. The fourth-order valence-electron chi connectivity index (χ4n) is 2.57. The molecule has 0 amide bonds. The number of hydrogen-bond donors (Lipinski definition) is 3. The second-order valence-corrected chi connectivity index (χ2v) is 5.79. The zero-order chi connectivity index (χ0) is 17.6. The van der Waals surface area contributed by atoms with Crippen molar-refractivity contribution in [3.05, 3.63) is 60.2 Å². The fourth-order valence-corrected chi connectivity index (χ4v) is 2.57. The summed E-state index contributed by atoms with van der Waals surface area (Å²) in [5.41, 5.74) is 11.7.